The molecule has 4 N–H and O–H groups in total. The summed E-state index contributed by atoms with van der Waals surface area (Å²) in [6.07, 6.45) is 3.40. The van der Waals surface area contributed by atoms with Gasteiger partial charge in [-0.05, 0) is 18.6 Å². The van der Waals surface area contributed by atoms with Crippen molar-refractivity contribution in [3.8, 4) is 5.75 Å². The lowest BCUT2D eigenvalue weighted by Crippen LogP contribution is -2.06. The molecule has 0 aliphatic rings. The Bertz CT molecular complexity index is 530. The molecule has 0 bridgehead atoms. The number of carboxylic acids is 1. The predicted octanol–water partition coefficient (Wildman–Crippen LogP) is 2.27. The van der Waals surface area contributed by atoms with Crippen LogP contribution in [0.1, 0.15) is 35.7 Å². The van der Waals surface area contributed by atoms with Crippen LogP contribution in [0.15, 0.2) is 28.4 Å². The zero-order valence-corrected chi connectivity index (χ0v) is 11.9. The summed E-state index contributed by atoms with van der Waals surface area (Å²) in [7, 11) is 0. The molecular formula is C13H17N3O3S. The van der Waals surface area contributed by atoms with Crippen LogP contribution in [0, 0.1) is 0 Å². The van der Waals surface area contributed by atoms with Crippen LogP contribution in [0.5, 0.6) is 5.75 Å². The van der Waals surface area contributed by atoms with E-state index in [9.17, 15) is 9.90 Å². The molecule has 0 radical (unpaired) electrons. The third-order valence-corrected chi connectivity index (χ3v) is 3.27. The van der Waals surface area contributed by atoms with Crippen molar-refractivity contribution < 1.29 is 15.0 Å². The van der Waals surface area contributed by atoms with Gasteiger partial charge in [0.15, 0.2) is 5.17 Å². The number of hydrogen-bond acceptors (Lipinski definition) is 5. The lowest BCUT2D eigenvalue weighted by atomic mass is 10.1. The van der Waals surface area contributed by atoms with Gasteiger partial charge in [-0.25, -0.2) is 4.79 Å². The van der Waals surface area contributed by atoms with Crippen molar-refractivity contribution in [3.63, 3.8) is 0 Å². The first kappa shape index (κ1) is 16.0. The lowest BCUT2D eigenvalue weighted by molar-refractivity contribution is 0.0693. The van der Waals surface area contributed by atoms with Crippen LogP contribution in [-0.4, -0.2) is 33.3 Å². The molecule has 6 nitrogen and oxygen atoms in total. The fourth-order valence-electron chi connectivity index (χ4n) is 1.34. The van der Waals surface area contributed by atoms with E-state index in [4.69, 9.17) is 10.8 Å². The third kappa shape index (κ3) is 4.93. The molecule has 108 valence electrons. The maximum Gasteiger partial charge on any atom is 0.339 e. The first-order valence-corrected chi connectivity index (χ1v) is 7.09. The Morgan fingerprint density at radius 3 is 2.90 bits per heavy atom. The van der Waals surface area contributed by atoms with Crippen molar-refractivity contribution in [2.75, 3.05) is 5.75 Å². The zero-order chi connectivity index (χ0) is 15.0. The van der Waals surface area contributed by atoms with Crippen LogP contribution in [0.2, 0.25) is 0 Å². The fraction of sp³-hybridized carbons (Fsp3) is 0.308. The maximum atomic E-state index is 10.8. The highest BCUT2D eigenvalue weighted by Gasteiger charge is 2.11. The van der Waals surface area contributed by atoms with Crippen molar-refractivity contribution in [2.24, 2.45) is 15.9 Å². The molecule has 7 heteroatoms. The summed E-state index contributed by atoms with van der Waals surface area (Å²) >= 11 is 1.41. The standard InChI is InChI=1S/C13H17N3O3S/c1-2-3-7-20-13(14)16-15-8-9-5-4-6-10(11(9)17)12(18)19/h4-6,8,17H,2-3,7H2,1H3,(H2,14,16)(H,18,19)/b15-8+. The average Bonchev–Trinajstić information content (AvgIpc) is 2.40. The number of aromatic hydroxyl groups is 1. The highest BCUT2D eigenvalue weighted by Crippen LogP contribution is 2.20. The Balaban J connectivity index is 2.73. The molecule has 0 fully saturated rings. The lowest BCUT2D eigenvalue weighted by Gasteiger charge is -2.01. The summed E-state index contributed by atoms with van der Waals surface area (Å²) in [6, 6.07) is 4.38. The van der Waals surface area contributed by atoms with Crippen molar-refractivity contribution in [1.82, 2.24) is 0 Å². The third-order valence-electron chi connectivity index (χ3n) is 2.40. The van der Waals surface area contributed by atoms with Crippen molar-refractivity contribution in [3.05, 3.63) is 29.3 Å². The zero-order valence-electron chi connectivity index (χ0n) is 11.1. The van der Waals surface area contributed by atoms with Crippen LogP contribution in [-0.2, 0) is 0 Å². The molecule has 0 aliphatic heterocycles. The Morgan fingerprint density at radius 1 is 1.50 bits per heavy atom. The molecule has 0 saturated carbocycles. The first-order valence-electron chi connectivity index (χ1n) is 6.10. The van der Waals surface area contributed by atoms with E-state index in [1.807, 2.05) is 0 Å². The topological polar surface area (TPSA) is 108 Å². The molecule has 0 heterocycles. The molecule has 1 aromatic carbocycles. The molecule has 20 heavy (non-hydrogen) atoms. The summed E-state index contributed by atoms with van der Waals surface area (Å²) in [6.45, 7) is 2.09. The molecule has 0 spiro atoms. The van der Waals surface area contributed by atoms with Crippen LogP contribution >= 0.6 is 11.8 Å². The minimum absolute atomic E-state index is 0.178. The van der Waals surface area contributed by atoms with E-state index in [1.165, 1.54) is 30.1 Å². The van der Waals surface area contributed by atoms with E-state index in [0.29, 0.717) is 5.17 Å². The number of nitrogens with zero attached hydrogens (tertiary/aromatic N) is 2. The number of thioether (sulfide) groups is 1. The van der Waals surface area contributed by atoms with Gasteiger partial charge in [0.25, 0.3) is 0 Å². The van der Waals surface area contributed by atoms with E-state index in [-0.39, 0.29) is 16.9 Å². The fourth-order valence-corrected chi connectivity index (χ4v) is 2.08. The van der Waals surface area contributed by atoms with Crippen molar-refractivity contribution in [2.45, 2.75) is 19.8 Å². The number of unbranched alkanes of at least 4 members (excludes halogenated alkanes) is 1. The number of carbonyl (C=O) groups is 1. The first-order chi connectivity index (χ1) is 9.56. The molecule has 0 saturated heterocycles. The van der Waals surface area contributed by atoms with Gasteiger partial charge in [0.05, 0.1) is 6.21 Å². The van der Waals surface area contributed by atoms with Crippen LogP contribution in [0.25, 0.3) is 0 Å². The molecule has 1 rings (SSSR count). The molecule has 0 aliphatic carbocycles. The predicted molar refractivity (Wildman–Crippen MR) is 81.6 cm³/mol. The number of phenols is 1. The molecule has 0 amide bonds. The van der Waals surface area contributed by atoms with Crippen LogP contribution < -0.4 is 5.73 Å². The van der Waals surface area contributed by atoms with E-state index in [0.717, 1.165) is 18.6 Å². The van der Waals surface area contributed by atoms with Crippen molar-refractivity contribution in [1.29, 1.82) is 0 Å². The molecule has 0 unspecified atom stereocenters. The van der Waals surface area contributed by atoms with Crippen molar-refractivity contribution >= 4 is 29.1 Å². The van der Waals surface area contributed by atoms with E-state index in [1.54, 1.807) is 6.07 Å². The summed E-state index contributed by atoms with van der Waals surface area (Å²) in [5, 5.41) is 26.5. The van der Waals surface area contributed by atoms with Gasteiger partial charge in [0.2, 0.25) is 0 Å². The largest absolute Gasteiger partial charge is 0.506 e. The highest BCUT2D eigenvalue weighted by atomic mass is 32.2. The molecular weight excluding hydrogens is 278 g/mol. The number of rotatable bonds is 6. The number of aromatic carboxylic acids is 1. The molecule has 0 aromatic heterocycles. The minimum atomic E-state index is -1.20. The summed E-state index contributed by atoms with van der Waals surface area (Å²) in [4.78, 5) is 10.8. The maximum absolute atomic E-state index is 10.8. The summed E-state index contributed by atoms with van der Waals surface area (Å²) in [5.74, 6) is -0.659. The van der Waals surface area contributed by atoms with Gasteiger partial charge in [-0.1, -0.05) is 31.2 Å². The second-order valence-electron chi connectivity index (χ2n) is 3.93. The molecule has 1 aromatic rings. The Kier molecular flexibility index (Phi) is 6.58. The van der Waals surface area contributed by atoms with Gasteiger partial charge < -0.3 is 15.9 Å². The number of para-hydroxylation sites is 1. The Hall–Kier alpha value is -2.02. The number of amidine groups is 1. The normalized spacial score (nSPS) is 11.9. The SMILES string of the molecule is CCCCS/C(N)=N\N=C\c1cccc(C(=O)O)c1O. The number of carboxylic acid groups (broad SMARTS) is 1. The van der Waals surface area contributed by atoms with Gasteiger partial charge in [-0.2, -0.15) is 5.10 Å². The summed E-state index contributed by atoms with van der Waals surface area (Å²) in [5.41, 5.74) is 5.74. The Morgan fingerprint density at radius 2 is 2.25 bits per heavy atom. The minimum Gasteiger partial charge on any atom is -0.506 e. The van der Waals surface area contributed by atoms with E-state index in [2.05, 4.69) is 17.1 Å². The average molecular weight is 295 g/mol. The van der Waals surface area contributed by atoms with Gasteiger partial charge in [0.1, 0.15) is 11.3 Å². The number of nitrogens with two attached hydrogens (primary N) is 1. The quantitative estimate of drug-likeness (QED) is 0.323. The van der Waals surface area contributed by atoms with Gasteiger partial charge in [-0.3, -0.25) is 0 Å². The highest BCUT2D eigenvalue weighted by molar-refractivity contribution is 8.13. The van der Waals surface area contributed by atoms with Gasteiger partial charge in [0, 0.05) is 11.3 Å². The van der Waals surface area contributed by atoms with Crippen LogP contribution in [0.4, 0.5) is 0 Å². The summed E-state index contributed by atoms with van der Waals surface area (Å²) < 4.78 is 0. The second kappa shape index (κ2) is 8.21. The van der Waals surface area contributed by atoms with Gasteiger partial charge >= 0.3 is 5.97 Å². The number of benzene rings is 1. The monoisotopic (exact) mass is 295 g/mol. The van der Waals surface area contributed by atoms with Crippen LogP contribution in [0.3, 0.4) is 0 Å². The smallest absolute Gasteiger partial charge is 0.339 e. The number of hydrogen-bond donors (Lipinski definition) is 3. The van der Waals surface area contributed by atoms with Gasteiger partial charge in [-0.15, -0.1) is 5.10 Å². The second-order valence-corrected chi connectivity index (χ2v) is 5.05. The van der Waals surface area contributed by atoms with E-state index >= 15 is 0 Å². The Labute approximate surface area is 121 Å². The van der Waals surface area contributed by atoms with E-state index < -0.39 is 5.97 Å². The molecule has 0 atom stereocenters.